The molecule has 4 heteroatoms. The summed E-state index contributed by atoms with van der Waals surface area (Å²) >= 11 is 0. The number of hydrogen-bond acceptors (Lipinski definition) is 2. The smallest absolute Gasteiger partial charge is 0.251 e. The molecule has 2 unspecified atom stereocenters. The number of amides is 1. The van der Waals surface area contributed by atoms with Crippen LogP contribution in [-0.2, 0) is 0 Å². The maximum Gasteiger partial charge on any atom is 0.251 e. The second kappa shape index (κ2) is 5.46. The monoisotopic (exact) mass is 250 g/mol. The van der Waals surface area contributed by atoms with E-state index in [2.05, 4.69) is 24.1 Å². The molecule has 3 atom stereocenters. The zero-order chi connectivity index (χ0) is 13.1. The highest BCUT2D eigenvalue weighted by atomic mass is 19.1. The average molecular weight is 250 g/mol. The molecular weight excluding hydrogens is 231 g/mol. The van der Waals surface area contributed by atoms with Crippen LogP contribution in [0, 0.1) is 17.8 Å². The van der Waals surface area contributed by atoms with Gasteiger partial charge in [-0.3, -0.25) is 4.79 Å². The third kappa shape index (κ3) is 2.86. The third-order valence-corrected chi connectivity index (χ3v) is 4.01. The highest BCUT2D eigenvalue weighted by Crippen LogP contribution is 2.29. The Bertz CT molecular complexity index is 436. The van der Waals surface area contributed by atoms with Gasteiger partial charge in [0.05, 0.1) is 0 Å². The van der Waals surface area contributed by atoms with Crippen LogP contribution in [0.3, 0.4) is 0 Å². The molecule has 1 aliphatic carbocycles. The van der Waals surface area contributed by atoms with Crippen LogP contribution < -0.4 is 5.32 Å². The molecule has 1 heterocycles. The lowest BCUT2D eigenvalue weighted by atomic mass is 9.78. The molecule has 1 amide bonds. The van der Waals surface area contributed by atoms with Crippen molar-refractivity contribution < 1.29 is 9.18 Å². The standard InChI is InChI=1S/C14H19FN2O/c1-9-4-3-5-12(10(9)2)17-14(18)11-6-7-16-13(15)8-11/h6-10,12H,3-5H2,1-2H3,(H,17,18)/t9?,10?,12-/m0/s1. The molecule has 0 spiro atoms. The minimum absolute atomic E-state index is 0.192. The number of pyridine rings is 1. The van der Waals surface area contributed by atoms with Crippen LogP contribution in [-0.4, -0.2) is 16.9 Å². The first-order chi connectivity index (χ1) is 8.58. The molecule has 1 aromatic rings. The molecule has 0 radical (unpaired) electrons. The zero-order valence-electron chi connectivity index (χ0n) is 10.8. The van der Waals surface area contributed by atoms with Crippen molar-refractivity contribution >= 4 is 5.91 Å². The van der Waals surface area contributed by atoms with Gasteiger partial charge in [-0.1, -0.05) is 26.7 Å². The Kier molecular flexibility index (Phi) is 3.94. The molecule has 1 aromatic heterocycles. The molecule has 98 valence electrons. The van der Waals surface area contributed by atoms with E-state index in [1.807, 2.05) is 0 Å². The van der Waals surface area contributed by atoms with Crippen molar-refractivity contribution in [2.24, 2.45) is 11.8 Å². The van der Waals surface area contributed by atoms with Gasteiger partial charge in [0, 0.05) is 23.9 Å². The Hall–Kier alpha value is -1.45. The number of rotatable bonds is 2. The van der Waals surface area contributed by atoms with Gasteiger partial charge in [-0.25, -0.2) is 4.98 Å². The molecular formula is C14H19FN2O. The number of aromatic nitrogens is 1. The molecule has 0 aromatic carbocycles. The summed E-state index contributed by atoms with van der Waals surface area (Å²) in [5.74, 6) is 0.266. The van der Waals surface area contributed by atoms with Crippen molar-refractivity contribution in [2.45, 2.75) is 39.2 Å². The fourth-order valence-corrected chi connectivity index (χ4v) is 2.58. The van der Waals surface area contributed by atoms with Crippen molar-refractivity contribution in [3.05, 3.63) is 29.8 Å². The largest absolute Gasteiger partial charge is 0.349 e. The molecule has 3 nitrogen and oxygen atoms in total. The number of carbonyl (C=O) groups excluding carboxylic acids is 1. The molecule has 2 rings (SSSR count). The first-order valence-electron chi connectivity index (χ1n) is 6.50. The van der Waals surface area contributed by atoms with Crippen LogP contribution in [0.2, 0.25) is 0 Å². The Labute approximate surface area is 107 Å². The van der Waals surface area contributed by atoms with E-state index in [1.165, 1.54) is 24.8 Å². The Morgan fingerprint density at radius 1 is 1.44 bits per heavy atom. The van der Waals surface area contributed by atoms with Gasteiger partial charge in [0.1, 0.15) is 0 Å². The van der Waals surface area contributed by atoms with Crippen molar-refractivity contribution in [3.8, 4) is 0 Å². The second-order valence-corrected chi connectivity index (χ2v) is 5.21. The van der Waals surface area contributed by atoms with E-state index in [0.717, 1.165) is 12.8 Å². The van der Waals surface area contributed by atoms with Crippen LogP contribution in [0.1, 0.15) is 43.5 Å². The van der Waals surface area contributed by atoms with Gasteiger partial charge in [0.15, 0.2) is 0 Å². The van der Waals surface area contributed by atoms with E-state index in [-0.39, 0.29) is 11.9 Å². The highest BCUT2D eigenvalue weighted by Gasteiger charge is 2.28. The first kappa shape index (κ1) is 13.0. The molecule has 1 fully saturated rings. The SMILES string of the molecule is CC1CCC[C@H](NC(=O)c2ccnc(F)c2)C1C. The summed E-state index contributed by atoms with van der Waals surface area (Å²) in [5, 5.41) is 3.01. The molecule has 0 saturated heterocycles. The Morgan fingerprint density at radius 3 is 2.94 bits per heavy atom. The van der Waals surface area contributed by atoms with Gasteiger partial charge in [0.25, 0.3) is 5.91 Å². The Morgan fingerprint density at radius 2 is 2.22 bits per heavy atom. The molecule has 18 heavy (non-hydrogen) atoms. The van der Waals surface area contributed by atoms with Crippen molar-refractivity contribution in [1.82, 2.24) is 10.3 Å². The predicted molar refractivity (Wildman–Crippen MR) is 67.6 cm³/mol. The molecule has 1 N–H and O–H groups in total. The van der Waals surface area contributed by atoms with Crippen LogP contribution in [0.4, 0.5) is 4.39 Å². The van der Waals surface area contributed by atoms with Gasteiger partial charge in [-0.05, 0) is 24.3 Å². The number of carbonyl (C=O) groups is 1. The summed E-state index contributed by atoms with van der Waals surface area (Å²) < 4.78 is 13.0. The Balaban J connectivity index is 2.03. The van der Waals surface area contributed by atoms with Gasteiger partial charge in [-0.2, -0.15) is 4.39 Å². The number of nitrogens with one attached hydrogen (secondary N) is 1. The molecule has 1 saturated carbocycles. The van der Waals surface area contributed by atoms with Crippen molar-refractivity contribution in [2.75, 3.05) is 0 Å². The van der Waals surface area contributed by atoms with E-state index >= 15 is 0 Å². The first-order valence-corrected chi connectivity index (χ1v) is 6.50. The lowest BCUT2D eigenvalue weighted by Crippen LogP contribution is -2.43. The maximum atomic E-state index is 13.0. The second-order valence-electron chi connectivity index (χ2n) is 5.21. The minimum atomic E-state index is -0.618. The fourth-order valence-electron chi connectivity index (χ4n) is 2.58. The van der Waals surface area contributed by atoms with Crippen LogP contribution in [0.5, 0.6) is 0 Å². The summed E-state index contributed by atoms with van der Waals surface area (Å²) in [7, 11) is 0. The van der Waals surface area contributed by atoms with E-state index in [4.69, 9.17) is 0 Å². The normalized spacial score (nSPS) is 27.8. The van der Waals surface area contributed by atoms with E-state index in [0.29, 0.717) is 17.4 Å². The predicted octanol–water partition coefficient (Wildman–Crippen LogP) is 2.78. The summed E-state index contributed by atoms with van der Waals surface area (Å²) in [6.07, 6.45) is 4.68. The summed E-state index contributed by atoms with van der Waals surface area (Å²) in [4.78, 5) is 15.5. The average Bonchev–Trinajstić information content (AvgIpc) is 2.35. The van der Waals surface area contributed by atoms with Gasteiger partial charge >= 0.3 is 0 Å². The highest BCUT2D eigenvalue weighted by molar-refractivity contribution is 5.94. The van der Waals surface area contributed by atoms with E-state index in [1.54, 1.807) is 0 Å². The van der Waals surface area contributed by atoms with Gasteiger partial charge < -0.3 is 5.32 Å². The minimum Gasteiger partial charge on any atom is -0.349 e. The molecule has 0 aliphatic heterocycles. The number of nitrogens with zero attached hydrogens (tertiary/aromatic N) is 1. The van der Waals surface area contributed by atoms with Crippen LogP contribution in [0.25, 0.3) is 0 Å². The number of hydrogen-bond donors (Lipinski definition) is 1. The zero-order valence-corrected chi connectivity index (χ0v) is 10.8. The fraction of sp³-hybridized carbons (Fsp3) is 0.571. The topological polar surface area (TPSA) is 42.0 Å². The number of halogens is 1. The quantitative estimate of drug-likeness (QED) is 0.820. The molecule has 1 aliphatic rings. The van der Waals surface area contributed by atoms with E-state index in [9.17, 15) is 9.18 Å². The van der Waals surface area contributed by atoms with E-state index < -0.39 is 5.95 Å². The third-order valence-electron chi connectivity index (χ3n) is 4.01. The van der Waals surface area contributed by atoms with Gasteiger partial charge in [0.2, 0.25) is 5.95 Å². The van der Waals surface area contributed by atoms with Crippen molar-refractivity contribution in [1.29, 1.82) is 0 Å². The van der Waals surface area contributed by atoms with Crippen molar-refractivity contribution in [3.63, 3.8) is 0 Å². The summed E-state index contributed by atoms with van der Waals surface area (Å²) in [6, 6.07) is 2.90. The summed E-state index contributed by atoms with van der Waals surface area (Å²) in [5.41, 5.74) is 0.341. The molecule has 0 bridgehead atoms. The lowest BCUT2D eigenvalue weighted by Gasteiger charge is -2.34. The maximum absolute atomic E-state index is 13.0. The van der Waals surface area contributed by atoms with Gasteiger partial charge in [-0.15, -0.1) is 0 Å². The van der Waals surface area contributed by atoms with Crippen LogP contribution >= 0.6 is 0 Å². The summed E-state index contributed by atoms with van der Waals surface area (Å²) in [6.45, 7) is 4.39. The van der Waals surface area contributed by atoms with Crippen LogP contribution in [0.15, 0.2) is 18.3 Å². The lowest BCUT2D eigenvalue weighted by molar-refractivity contribution is 0.0890.